The number of carbonyl (C=O) groups excluding carboxylic acids is 1. The zero-order valence-corrected chi connectivity index (χ0v) is 21.4. The van der Waals surface area contributed by atoms with Gasteiger partial charge in [0.1, 0.15) is 5.75 Å². The van der Waals surface area contributed by atoms with Gasteiger partial charge in [-0.3, -0.25) is 4.79 Å². The third-order valence-electron chi connectivity index (χ3n) is 6.64. The van der Waals surface area contributed by atoms with E-state index in [1.807, 2.05) is 24.3 Å². The van der Waals surface area contributed by atoms with Gasteiger partial charge in [-0.2, -0.15) is 0 Å². The molecule has 0 spiro atoms. The van der Waals surface area contributed by atoms with Crippen LogP contribution in [0.4, 0.5) is 17.1 Å². The number of benzene rings is 3. The number of nitrogens with one attached hydrogen (secondary N) is 1. The number of phenols is 1. The molecule has 3 aromatic rings. The molecule has 36 heavy (non-hydrogen) atoms. The Balaban J connectivity index is 1.57. The maximum Gasteiger partial charge on any atom is 0.188 e. The Labute approximate surface area is 214 Å². The summed E-state index contributed by atoms with van der Waals surface area (Å²) in [6.45, 7) is 4.42. The number of ketones is 1. The topological polar surface area (TPSA) is 61.7 Å². The van der Waals surface area contributed by atoms with Gasteiger partial charge in [-0.25, -0.2) is 4.99 Å². The second kappa shape index (κ2) is 12.3. The lowest BCUT2D eigenvalue weighted by molar-refractivity contribution is 0.104. The number of unbranched alkanes of at least 4 members (excludes halogenated alkanes) is 4. The number of aryl methyl sites for hydroxylation is 2. The number of carbonyl (C=O) groups is 1. The predicted octanol–water partition coefficient (Wildman–Crippen LogP) is 8.47. The second-order valence-electron chi connectivity index (χ2n) is 9.48. The van der Waals surface area contributed by atoms with Crippen molar-refractivity contribution in [3.8, 4) is 5.75 Å². The number of rotatable bonds is 11. The van der Waals surface area contributed by atoms with Gasteiger partial charge in [0.05, 0.1) is 28.2 Å². The van der Waals surface area contributed by atoms with Gasteiger partial charge in [0.15, 0.2) is 5.78 Å². The van der Waals surface area contributed by atoms with E-state index in [0.29, 0.717) is 22.5 Å². The van der Waals surface area contributed by atoms with Gasteiger partial charge in [-0.1, -0.05) is 63.8 Å². The van der Waals surface area contributed by atoms with Gasteiger partial charge < -0.3 is 10.4 Å². The summed E-state index contributed by atoms with van der Waals surface area (Å²) in [5, 5.41) is 14.1. The Kier molecular flexibility index (Phi) is 8.72. The van der Waals surface area contributed by atoms with Crippen LogP contribution in [0.1, 0.15) is 79.4 Å². The van der Waals surface area contributed by atoms with Gasteiger partial charge >= 0.3 is 0 Å². The van der Waals surface area contributed by atoms with Crippen molar-refractivity contribution >= 4 is 28.6 Å². The summed E-state index contributed by atoms with van der Waals surface area (Å²) < 4.78 is 0. The standard InChI is InChI=1S/C32H36N2O2/c1-3-5-7-9-23-11-15-25(16-12-23)33-27-19-21-30(36)32-28(20-22-29(35)31(27)32)34-26-17-13-24(14-18-26)10-8-6-4-2/h11-22,33,36H,3-10H2,1-2H3. The number of anilines is 2. The van der Waals surface area contributed by atoms with Crippen molar-refractivity contribution in [1.82, 2.24) is 0 Å². The molecule has 4 rings (SSSR count). The molecule has 0 atom stereocenters. The van der Waals surface area contributed by atoms with E-state index in [-0.39, 0.29) is 11.5 Å². The van der Waals surface area contributed by atoms with Crippen LogP contribution in [-0.4, -0.2) is 16.6 Å². The van der Waals surface area contributed by atoms with Crippen LogP contribution in [0.5, 0.6) is 5.75 Å². The minimum atomic E-state index is -0.148. The van der Waals surface area contributed by atoms with E-state index in [1.54, 1.807) is 18.2 Å². The second-order valence-corrected chi connectivity index (χ2v) is 9.48. The molecule has 0 aromatic heterocycles. The molecule has 4 heteroatoms. The first-order valence-corrected chi connectivity index (χ1v) is 13.2. The molecule has 0 aliphatic heterocycles. The molecule has 2 N–H and O–H groups in total. The van der Waals surface area contributed by atoms with Crippen LogP contribution in [0, 0.1) is 0 Å². The van der Waals surface area contributed by atoms with Crippen LogP contribution < -0.4 is 5.32 Å². The van der Waals surface area contributed by atoms with Crippen LogP contribution in [0.2, 0.25) is 0 Å². The number of hydrogen-bond donors (Lipinski definition) is 2. The molecule has 4 nitrogen and oxygen atoms in total. The van der Waals surface area contributed by atoms with Crippen molar-refractivity contribution < 1.29 is 9.90 Å². The largest absolute Gasteiger partial charge is 0.507 e. The number of allylic oxidation sites excluding steroid dienone is 2. The molecule has 0 fully saturated rings. The summed E-state index contributed by atoms with van der Waals surface area (Å²) >= 11 is 0. The summed E-state index contributed by atoms with van der Waals surface area (Å²) in [6, 6.07) is 19.9. The molecule has 0 saturated heterocycles. The monoisotopic (exact) mass is 480 g/mol. The Morgan fingerprint density at radius 3 is 1.94 bits per heavy atom. The number of fused-ring (bicyclic) bond motifs is 1. The molecule has 0 radical (unpaired) electrons. The quantitative estimate of drug-likeness (QED) is 0.214. The average molecular weight is 481 g/mol. The summed E-state index contributed by atoms with van der Waals surface area (Å²) in [7, 11) is 0. The van der Waals surface area contributed by atoms with E-state index in [4.69, 9.17) is 4.99 Å². The van der Waals surface area contributed by atoms with Gasteiger partial charge in [-0.15, -0.1) is 0 Å². The summed E-state index contributed by atoms with van der Waals surface area (Å²) in [5.74, 6) is -0.0979. The first kappa shape index (κ1) is 25.4. The van der Waals surface area contributed by atoms with Crippen LogP contribution in [0.3, 0.4) is 0 Å². The van der Waals surface area contributed by atoms with Crippen molar-refractivity contribution in [2.45, 2.75) is 65.2 Å². The van der Waals surface area contributed by atoms with Gasteiger partial charge in [0.2, 0.25) is 0 Å². The number of aliphatic imine (C=N–C) groups is 1. The fraction of sp³-hybridized carbons (Fsp3) is 0.312. The minimum absolute atomic E-state index is 0.0504. The molecular weight excluding hydrogens is 444 g/mol. The molecule has 186 valence electrons. The third kappa shape index (κ3) is 6.31. The van der Waals surface area contributed by atoms with E-state index in [1.165, 1.54) is 55.7 Å². The molecular formula is C32H36N2O2. The number of nitrogens with zero attached hydrogens (tertiary/aromatic N) is 1. The number of aromatic hydroxyl groups is 1. The summed E-state index contributed by atoms with van der Waals surface area (Å²) in [4.78, 5) is 17.7. The highest BCUT2D eigenvalue weighted by Gasteiger charge is 2.25. The highest BCUT2D eigenvalue weighted by atomic mass is 16.3. The third-order valence-corrected chi connectivity index (χ3v) is 6.64. The highest BCUT2D eigenvalue weighted by molar-refractivity contribution is 6.27. The van der Waals surface area contributed by atoms with E-state index < -0.39 is 0 Å². The Morgan fingerprint density at radius 2 is 1.33 bits per heavy atom. The van der Waals surface area contributed by atoms with Crippen molar-refractivity contribution in [3.05, 3.63) is 95.1 Å². The van der Waals surface area contributed by atoms with Gasteiger partial charge in [0, 0.05) is 5.69 Å². The van der Waals surface area contributed by atoms with Crippen LogP contribution in [0.15, 0.2) is 77.8 Å². The van der Waals surface area contributed by atoms with Crippen LogP contribution in [-0.2, 0) is 12.8 Å². The van der Waals surface area contributed by atoms with Gasteiger partial charge in [-0.05, 0) is 85.4 Å². The molecule has 0 bridgehead atoms. The van der Waals surface area contributed by atoms with E-state index >= 15 is 0 Å². The first-order valence-electron chi connectivity index (χ1n) is 13.2. The van der Waals surface area contributed by atoms with Crippen molar-refractivity contribution in [3.63, 3.8) is 0 Å². The molecule has 3 aromatic carbocycles. The highest BCUT2D eigenvalue weighted by Crippen LogP contribution is 2.35. The molecule has 1 aliphatic carbocycles. The fourth-order valence-corrected chi connectivity index (χ4v) is 4.57. The number of phenolic OH excluding ortho intramolecular Hbond substituents is 1. The lowest BCUT2D eigenvalue weighted by Crippen LogP contribution is -2.15. The van der Waals surface area contributed by atoms with E-state index in [2.05, 4.69) is 43.4 Å². The SMILES string of the molecule is CCCCCc1ccc(N=C2C=CC(=O)c3c(Nc4ccc(CCCCC)cc4)ccc(O)c32)cc1. The molecule has 0 amide bonds. The summed E-state index contributed by atoms with van der Waals surface area (Å²) in [6.07, 6.45) is 12.6. The van der Waals surface area contributed by atoms with Crippen molar-refractivity contribution in [2.24, 2.45) is 4.99 Å². The van der Waals surface area contributed by atoms with Gasteiger partial charge in [0.25, 0.3) is 0 Å². The lowest BCUT2D eigenvalue weighted by Gasteiger charge is -2.19. The Morgan fingerprint density at radius 1 is 0.722 bits per heavy atom. The first-order chi connectivity index (χ1) is 17.6. The van der Waals surface area contributed by atoms with Crippen LogP contribution in [0.25, 0.3) is 0 Å². The van der Waals surface area contributed by atoms with E-state index in [0.717, 1.165) is 24.2 Å². The Bertz CT molecular complexity index is 1240. The average Bonchev–Trinajstić information content (AvgIpc) is 2.89. The zero-order chi connectivity index (χ0) is 25.3. The lowest BCUT2D eigenvalue weighted by atomic mass is 9.91. The summed E-state index contributed by atoms with van der Waals surface area (Å²) in [5.41, 5.74) is 6.47. The molecule has 0 saturated carbocycles. The smallest absolute Gasteiger partial charge is 0.188 e. The minimum Gasteiger partial charge on any atom is -0.507 e. The molecule has 0 unspecified atom stereocenters. The number of hydrogen-bond acceptors (Lipinski definition) is 4. The van der Waals surface area contributed by atoms with Crippen molar-refractivity contribution in [2.75, 3.05) is 5.32 Å². The van der Waals surface area contributed by atoms with Crippen molar-refractivity contribution in [1.29, 1.82) is 0 Å². The Hall–Kier alpha value is -3.66. The normalized spacial score (nSPS) is 13.7. The zero-order valence-electron chi connectivity index (χ0n) is 21.4. The van der Waals surface area contributed by atoms with E-state index in [9.17, 15) is 9.90 Å². The maximum atomic E-state index is 12.9. The molecule has 1 aliphatic rings. The molecule has 0 heterocycles. The maximum absolute atomic E-state index is 12.9. The fourth-order valence-electron chi connectivity index (χ4n) is 4.57. The van der Waals surface area contributed by atoms with Crippen LogP contribution >= 0.6 is 0 Å². The predicted molar refractivity (Wildman–Crippen MR) is 150 cm³/mol.